The zero-order valence-corrected chi connectivity index (χ0v) is 18.7. The Kier molecular flexibility index (Phi) is 7.64. The van der Waals surface area contributed by atoms with Crippen LogP contribution in [-0.4, -0.2) is 81.4 Å². The molecule has 1 fully saturated rings. The molecule has 2 amide bonds. The summed E-state index contributed by atoms with van der Waals surface area (Å²) >= 11 is 0. The SMILES string of the molecule is CN(C)C(CNC(=O)N1CCN(S(=O)(=O)c2cccc(F)c2)CC1)Cc1ccccc1. The molecule has 2 aromatic carbocycles. The molecule has 31 heavy (non-hydrogen) atoms. The first-order valence-electron chi connectivity index (χ1n) is 10.3. The average molecular weight is 449 g/mol. The van der Waals surface area contributed by atoms with E-state index in [1.54, 1.807) is 4.90 Å². The molecule has 9 heteroatoms. The third kappa shape index (κ3) is 6.03. The van der Waals surface area contributed by atoms with Crippen LogP contribution in [0.15, 0.2) is 59.5 Å². The van der Waals surface area contributed by atoms with Gasteiger partial charge in [0.05, 0.1) is 4.90 Å². The lowest BCUT2D eigenvalue weighted by Gasteiger charge is -2.34. The number of sulfonamides is 1. The van der Waals surface area contributed by atoms with Crippen molar-refractivity contribution < 1.29 is 17.6 Å². The van der Waals surface area contributed by atoms with E-state index in [1.807, 2.05) is 32.3 Å². The number of likely N-dealkylation sites (N-methyl/N-ethyl adjacent to an activating group) is 1. The number of halogens is 1. The van der Waals surface area contributed by atoms with Crippen molar-refractivity contribution in [2.24, 2.45) is 0 Å². The van der Waals surface area contributed by atoms with Gasteiger partial charge in [-0.15, -0.1) is 0 Å². The molecule has 0 spiro atoms. The molecular weight excluding hydrogens is 419 g/mol. The Balaban J connectivity index is 1.52. The predicted octanol–water partition coefficient (Wildman–Crippen LogP) is 2.01. The van der Waals surface area contributed by atoms with E-state index in [0.717, 1.165) is 12.5 Å². The summed E-state index contributed by atoms with van der Waals surface area (Å²) in [4.78, 5) is 16.3. The molecule has 168 valence electrons. The molecule has 1 saturated heterocycles. The number of carbonyl (C=O) groups excluding carboxylic acids is 1. The van der Waals surface area contributed by atoms with Gasteiger partial charge in [-0.2, -0.15) is 4.31 Å². The van der Waals surface area contributed by atoms with Gasteiger partial charge in [-0.3, -0.25) is 0 Å². The summed E-state index contributed by atoms with van der Waals surface area (Å²) in [5, 5.41) is 2.97. The maximum Gasteiger partial charge on any atom is 0.317 e. The summed E-state index contributed by atoms with van der Waals surface area (Å²) in [6, 6.07) is 15.0. The fourth-order valence-corrected chi connectivity index (χ4v) is 5.00. The molecule has 1 unspecified atom stereocenters. The second kappa shape index (κ2) is 10.2. The van der Waals surface area contributed by atoms with Gasteiger partial charge in [0.15, 0.2) is 0 Å². The van der Waals surface area contributed by atoms with E-state index >= 15 is 0 Å². The topological polar surface area (TPSA) is 73.0 Å². The van der Waals surface area contributed by atoms with Crippen molar-refractivity contribution in [2.45, 2.75) is 17.4 Å². The molecule has 0 aliphatic carbocycles. The van der Waals surface area contributed by atoms with E-state index < -0.39 is 15.8 Å². The Morgan fingerprint density at radius 2 is 1.74 bits per heavy atom. The fourth-order valence-electron chi connectivity index (χ4n) is 3.55. The van der Waals surface area contributed by atoms with Gasteiger partial charge in [0, 0.05) is 38.8 Å². The Labute approximate surface area is 183 Å². The van der Waals surface area contributed by atoms with Gasteiger partial charge in [0.1, 0.15) is 5.82 Å². The summed E-state index contributed by atoms with van der Waals surface area (Å²) in [7, 11) is 0.187. The quantitative estimate of drug-likeness (QED) is 0.703. The summed E-state index contributed by atoms with van der Waals surface area (Å²) in [6.07, 6.45) is 0.813. The summed E-state index contributed by atoms with van der Waals surface area (Å²) in [5.41, 5.74) is 1.20. The largest absolute Gasteiger partial charge is 0.336 e. The number of piperazine rings is 1. The average Bonchev–Trinajstić information content (AvgIpc) is 2.77. The smallest absolute Gasteiger partial charge is 0.317 e. The number of carbonyl (C=O) groups is 1. The number of benzene rings is 2. The van der Waals surface area contributed by atoms with E-state index in [2.05, 4.69) is 22.3 Å². The third-order valence-electron chi connectivity index (χ3n) is 5.49. The second-order valence-corrected chi connectivity index (χ2v) is 9.78. The highest BCUT2D eigenvalue weighted by molar-refractivity contribution is 7.89. The highest BCUT2D eigenvalue weighted by atomic mass is 32.2. The van der Waals surface area contributed by atoms with E-state index in [0.29, 0.717) is 6.54 Å². The minimum Gasteiger partial charge on any atom is -0.336 e. The number of nitrogens with one attached hydrogen (secondary N) is 1. The van der Waals surface area contributed by atoms with Crippen molar-refractivity contribution in [1.29, 1.82) is 0 Å². The van der Waals surface area contributed by atoms with Gasteiger partial charge < -0.3 is 15.1 Å². The minimum atomic E-state index is -3.78. The van der Waals surface area contributed by atoms with E-state index in [4.69, 9.17) is 0 Å². The van der Waals surface area contributed by atoms with Crippen LogP contribution in [0.2, 0.25) is 0 Å². The Morgan fingerprint density at radius 1 is 1.06 bits per heavy atom. The highest BCUT2D eigenvalue weighted by Crippen LogP contribution is 2.18. The first kappa shape index (κ1) is 23.2. The van der Waals surface area contributed by atoms with Gasteiger partial charge in [0.2, 0.25) is 10.0 Å². The molecule has 1 heterocycles. The third-order valence-corrected chi connectivity index (χ3v) is 7.39. The number of amides is 2. The lowest BCUT2D eigenvalue weighted by molar-refractivity contribution is 0.168. The number of rotatable bonds is 7. The van der Waals surface area contributed by atoms with Crippen LogP contribution < -0.4 is 5.32 Å². The molecule has 0 saturated carbocycles. The number of hydrogen-bond donors (Lipinski definition) is 1. The van der Waals surface area contributed by atoms with Crippen LogP contribution in [0.3, 0.4) is 0 Å². The van der Waals surface area contributed by atoms with Gasteiger partial charge in [-0.25, -0.2) is 17.6 Å². The van der Waals surface area contributed by atoms with Crippen LogP contribution in [0.1, 0.15) is 5.56 Å². The van der Waals surface area contributed by atoms with Gasteiger partial charge >= 0.3 is 6.03 Å². The molecule has 2 aromatic rings. The fraction of sp³-hybridized carbons (Fsp3) is 0.409. The maximum absolute atomic E-state index is 13.4. The number of hydrogen-bond acceptors (Lipinski definition) is 4. The van der Waals surface area contributed by atoms with E-state index in [1.165, 1.54) is 28.1 Å². The van der Waals surface area contributed by atoms with Crippen LogP contribution >= 0.6 is 0 Å². The molecule has 3 rings (SSSR count). The molecule has 0 radical (unpaired) electrons. The van der Waals surface area contributed by atoms with Gasteiger partial charge in [0.25, 0.3) is 0 Å². The van der Waals surface area contributed by atoms with Crippen LogP contribution in [0.5, 0.6) is 0 Å². The predicted molar refractivity (Wildman–Crippen MR) is 118 cm³/mol. The zero-order valence-electron chi connectivity index (χ0n) is 17.9. The van der Waals surface area contributed by atoms with Gasteiger partial charge in [-0.05, 0) is 44.3 Å². The van der Waals surface area contributed by atoms with Crippen molar-refractivity contribution in [3.8, 4) is 0 Å². The second-order valence-electron chi connectivity index (χ2n) is 7.84. The molecule has 1 aliphatic heterocycles. The molecular formula is C22H29FN4O3S. The summed E-state index contributed by atoms with van der Waals surface area (Å²) in [6.45, 7) is 1.40. The standard InChI is InChI=1S/C22H29FN4O3S/c1-25(2)20(15-18-7-4-3-5-8-18)17-24-22(28)26-11-13-27(14-12-26)31(29,30)21-10-6-9-19(23)16-21/h3-10,16,20H,11-15,17H2,1-2H3,(H,24,28). The minimum absolute atomic E-state index is 0.0693. The molecule has 1 N–H and O–H groups in total. The summed E-state index contributed by atoms with van der Waals surface area (Å²) < 4.78 is 40.2. The molecule has 0 aromatic heterocycles. The van der Waals surface area contributed by atoms with Crippen molar-refractivity contribution >= 4 is 16.1 Å². The van der Waals surface area contributed by atoms with Crippen molar-refractivity contribution in [3.63, 3.8) is 0 Å². The van der Waals surface area contributed by atoms with Gasteiger partial charge in [-0.1, -0.05) is 36.4 Å². The summed E-state index contributed by atoms with van der Waals surface area (Å²) in [5.74, 6) is -0.593. The van der Waals surface area contributed by atoms with Crippen molar-refractivity contribution in [3.05, 3.63) is 66.0 Å². The van der Waals surface area contributed by atoms with E-state index in [9.17, 15) is 17.6 Å². The Bertz CT molecular complexity index is 977. The zero-order chi connectivity index (χ0) is 22.4. The van der Waals surface area contributed by atoms with E-state index in [-0.39, 0.29) is 43.1 Å². The number of urea groups is 1. The first-order chi connectivity index (χ1) is 14.8. The van der Waals surface area contributed by atoms with Crippen LogP contribution in [0.25, 0.3) is 0 Å². The molecule has 7 nitrogen and oxygen atoms in total. The maximum atomic E-state index is 13.4. The normalized spacial score (nSPS) is 16.3. The Morgan fingerprint density at radius 3 is 2.35 bits per heavy atom. The van der Waals surface area contributed by atoms with Crippen molar-refractivity contribution in [2.75, 3.05) is 46.8 Å². The lowest BCUT2D eigenvalue weighted by Crippen LogP contribution is -2.54. The molecule has 1 aliphatic rings. The van der Waals surface area contributed by atoms with Crippen molar-refractivity contribution in [1.82, 2.24) is 19.4 Å². The molecule has 0 bridgehead atoms. The van der Waals surface area contributed by atoms with Crippen LogP contribution in [-0.2, 0) is 16.4 Å². The monoisotopic (exact) mass is 448 g/mol. The number of nitrogens with zero attached hydrogens (tertiary/aromatic N) is 3. The highest BCUT2D eigenvalue weighted by Gasteiger charge is 2.30. The Hall–Kier alpha value is -2.49. The molecule has 1 atom stereocenters. The lowest BCUT2D eigenvalue weighted by atomic mass is 10.1. The van der Waals surface area contributed by atoms with Crippen LogP contribution in [0.4, 0.5) is 9.18 Å². The van der Waals surface area contributed by atoms with Crippen LogP contribution in [0, 0.1) is 5.82 Å². The first-order valence-corrected chi connectivity index (χ1v) is 11.7.